The van der Waals surface area contributed by atoms with Gasteiger partial charge in [-0.15, -0.1) is 0 Å². The molecule has 0 bridgehead atoms. The van der Waals surface area contributed by atoms with E-state index in [1.54, 1.807) is 6.92 Å². The van der Waals surface area contributed by atoms with E-state index in [2.05, 4.69) is 23.6 Å². The number of carbonyl (C=O) groups excluding carboxylic acids is 1. The molecule has 1 saturated heterocycles. The lowest BCUT2D eigenvalue weighted by Gasteiger charge is -2.37. The second-order valence-electron chi connectivity index (χ2n) is 5.29. The highest BCUT2D eigenvalue weighted by atomic mass is 16.1. The molecule has 0 amide bonds. The molecule has 0 aliphatic carbocycles. The number of piperazine rings is 1. The standard InChI is InChI=1S/C14H28N2O/c1-4-13(2)16-11-9-15(10-12-16)8-6-5-7-14(3)17/h13H,4-12H2,1-3H3. The van der Waals surface area contributed by atoms with Crippen molar-refractivity contribution in [3.05, 3.63) is 0 Å². The highest BCUT2D eigenvalue weighted by Crippen LogP contribution is 2.09. The van der Waals surface area contributed by atoms with E-state index in [1.165, 1.54) is 45.6 Å². The van der Waals surface area contributed by atoms with Crippen LogP contribution in [0, 0.1) is 0 Å². The van der Waals surface area contributed by atoms with Gasteiger partial charge in [-0.25, -0.2) is 0 Å². The molecule has 0 aromatic heterocycles. The highest BCUT2D eigenvalue weighted by molar-refractivity contribution is 5.75. The average Bonchev–Trinajstić information content (AvgIpc) is 2.34. The quantitative estimate of drug-likeness (QED) is 0.637. The number of nitrogens with zero attached hydrogens (tertiary/aromatic N) is 2. The third-order valence-corrected chi connectivity index (χ3v) is 3.87. The summed E-state index contributed by atoms with van der Waals surface area (Å²) in [6, 6.07) is 0.731. The largest absolute Gasteiger partial charge is 0.301 e. The Kier molecular flexibility index (Phi) is 6.75. The fourth-order valence-corrected chi connectivity index (χ4v) is 2.40. The predicted molar refractivity (Wildman–Crippen MR) is 72.3 cm³/mol. The van der Waals surface area contributed by atoms with Crippen LogP contribution in [0.5, 0.6) is 0 Å². The minimum absolute atomic E-state index is 0.326. The summed E-state index contributed by atoms with van der Waals surface area (Å²) in [6.45, 7) is 12.3. The molecule has 0 N–H and O–H groups in total. The summed E-state index contributed by atoms with van der Waals surface area (Å²) in [5.41, 5.74) is 0. The predicted octanol–water partition coefficient (Wildman–Crippen LogP) is 2.16. The monoisotopic (exact) mass is 240 g/mol. The summed E-state index contributed by atoms with van der Waals surface area (Å²) in [7, 11) is 0. The first-order valence-electron chi connectivity index (χ1n) is 7.09. The fraction of sp³-hybridized carbons (Fsp3) is 0.929. The number of Topliss-reactive ketones (excluding diaryl/α,β-unsaturated/α-hetero) is 1. The molecule has 3 heteroatoms. The molecule has 0 aromatic carbocycles. The van der Waals surface area contributed by atoms with Crippen LogP contribution in [0.2, 0.25) is 0 Å². The van der Waals surface area contributed by atoms with Crippen molar-refractivity contribution >= 4 is 5.78 Å². The van der Waals surface area contributed by atoms with Crippen LogP contribution < -0.4 is 0 Å². The molecule has 1 heterocycles. The zero-order chi connectivity index (χ0) is 12.7. The van der Waals surface area contributed by atoms with Crippen LogP contribution in [0.4, 0.5) is 0 Å². The average molecular weight is 240 g/mol. The number of rotatable bonds is 7. The molecule has 0 saturated carbocycles. The van der Waals surface area contributed by atoms with Crippen LogP contribution in [0.25, 0.3) is 0 Å². The zero-order valence-electron chi connectivity index (χ0n) is 11.7. The van der Waals surface area contributed by atoms with Gasteiger partial charge < -0.3 is 9.69 Å². The van der Waals surface area contributed by atoms with Gasteiger partial charge in [0.05, 0.1) is 0 Å². The Bertz CT molecular complexity index is 222. The van der Waals surface area contributed by atoms with Crippen molar-refractivity contribution in [2.75, 3.05) is 32.7 Å². The second kappa shape index (κ2) is 7.83. The molecule has 100 valence electrons. The van der Waals surface area contributed by atoms with E-state index < -0.39 is 0 Å². The van der Waals surface area contributed by atoms with Gasteiger partial charge in [-0.05, 0) is 39.7 Å². The summed E-state index contributed by atoms with van der Waals surface area (Å²) in [5, 5.41) is 0. The Morgan fingerprint density at radius 3 is 2.35 bits per heavy atom. The number of carbonyl (C=O) groups is 1. The highest BCUT2D eigenvalue weighted by Gasteiger charge is 2.19. The molecule has 0 aromatic rings. The smallest absolute Gasteiger partial charge is 0.129 e. The Labute approximate surface area is 106 Å². The summed E-state index contributed by atoms with van der Waals surface area (Å²) in [4.78, 5) is 16.0. The van der Waals surface area contributed by atoms with Gasteiger partial charge in [0.15, 0.2) is 0 Å². The molecule has 1 rings (SSSR count). The third-order valence-electron chi connectivity index (χ3n) is 3.87. The van der Waals surface area contributed by atoms with Crippen LogP contribution in [0.15, 0.2) is 0 Å². The van der Waals surface area contributed by atoms with Crippen LogP contribution in [0.1, 0.15) is 46.5 Å². The first kappa shape index (κ1) is 14.7. The molecule has 1 unspecified atom stereocenters. The SMILES string of the molecule is CCC(C)N1CCN(CCCCC(C)=O)CC1. The van der Waals surface area contributed by atoms with Crippen molar-refractivity contribution in [3.8, 4) is 0 Å². The van der Waals surface area contributed by atoms with Gasteiger partial charge in [-0.1, -0.05) is 6.92 Å². The summed E-state index contributed by atoms with van der Waals surface area (Å²) in [6.07, 6.45) is 4.23. The van der Waals surface area contributed by atoms with E-state index in [1.807, 2.05) is 0 Å². The number of unbranched alkanes of at least 4 members (excludes halogenated alkanes) is 1. The summed E-state index contributed by atoms with van der Waals surface area (Å²) < 4.78 is 0. The minimum atomic E-state index is 0.326. The van der Waals surface area contributed by atoms with Gasteiger partial charge in [0.25, 0.3) is 0 Å². The maximum absolute atomic E-state index is 10.8. The molecule has 1 atom stereocenters. The molecule has 1 fully saturated rings. The maximum atomic E-state index is 10.8. The summed E-state index contributed by atoms with van der Waals surface area (Å²) in [5.74, 6) is 0.326. The van der Waals surface area contributed by atoms with Crippen molar-refractivity contribution < 1.29 is 4.79 Å². The van der Waals surface area contributed by atoms with Crippen LogP contribution in [-0.2, 0) is 4.79 Å². The molecule has 17 heavy (non-hydrogen) atoms. The minimum Gasteiger partial charge on any atom is -0.301 e. The fourth-order valence-electron chi connectivity index (χ4n) is 2.40. The van der Waals surface area contributed by atoms with E-state index >= 15 is 0 Å². The topological polar surface area (TPSA) is 23.6 Å². The molecular formula is C14H28N2O. The normalized spacial score (nSPS) is 20.4. The van der Waals surface area contributed by atoms with Gasteiger partial charge >= 0.3 is 0 Å². The first-order valence-corrected chi connectivity index (χ1v) is 7.09. The van der Waals surface area contributed by atoms with Crippen molar-refractivity contribution in [1.29, 1.82) is 0 Å². The summed E-state index contributed by atoms with van der Waals surface area (Å²) >= 11 is 0. The van der Waals surface area contributed by atoms with Gasteiger partial charge in [-0.3, -0.25) is 4.90 Å². The van der Waals surface area contributed by atoms with Gasteiger partial charge in [0.1, 0.15) is 5.78 Å². The molecule has 1 aliphatic heterocycles. The van der Waals surface area contributed by atoms with Crippen molar-refractivity contribution in [3.63, 3.8) is 0 Å². The lowest BCUT2D eigenvalue weighted by atomic mass is 10.1. The van der Waals surface area contributed by atoms with Gasteiger partial charge in [0, 0.05) is 38.6 Å². The zero-order valence-corrected chi connectivity index (χ0v) is 11.7. The van der Waals surface area contributed by atoms with Gasteiger partial charge in [0.2, 0.25) is 0 Å². The van der Waals surface area contributed by atoms with E-state index in [0.29, 0.717) is 5.78 Å². The van der Waals surface area contributed by atoms with Crippen LogP contribution in [-0.4, -0.2) is 54.3 Å². The van der Waals surface area contributed by atoms with Crippen LogP contribution in [0.3, 0.4) is 0 Å². The molecule has 3 nitrogen and oxygen atoms in total. The van der Waals surface area contributed by atoms with E-state index in [-0.39, 0.29) is 0 Å². The van der Waals surface area contributed by atoms with Crippen molar-refractivity contribution in [2.45, 2.75) is 52.5 Å². The Balaban J connectivity index is 2.08. The maximum Gasteiger partial charge on any atom is 0.129 e. The number of hydrogen-bond acceptors (Lipinski definition) is 3. The molecule has 0 radical (unpaired) electrons. The Hall–Kier alpha value is -0.410. The van der Waals surface area contributed by atoms with E-state index in [4.69, 9.17) is 0 Å². The van der Waals surface area contributed by atoms with Crippen molar-refractivity contribution in [1.82, 2.24) is 9.80 Å². The first-order chi connectivity index (χ1) is 8.13. The Morgan fingerprint density at radius 2 is 1.82 bits per heavy atom. The van der Waals surface area contributed by atoms with Crippen molar-refractivity contribution in [2.24, 2.45) is 0 Å². The molecule has 1 aliphatic rings. The lowest BCUT2D eigenvalue weighted by molar-refractivity contribution is -0.117. The third kappa shape index (κ3) is 5.64. The second-order valence-corrected chi connectivity index (χ2v) is 5.29. The lowest BCUT2D eigenvalue weighted by Crippen LogP contribution is -2.49. The number of hydrogen-bond donors (Lipinski definition) is 0. The van der Waals surface area contributed by atoms with E-state index in [9.17, 15) is 4.79 Å². The van der Waals surface area contributed by atoms with Gasteiger partial charge in [-0.2, -0.15) is 0 Å². The molecule has 0 spiro atoms. The molecular weight excluding hydrogens is 212 g/mol. The number of ketones is 1. The Morgan fingerprint density at radius 1 is 1.18 bits per heavy atom. The van der Waals surface area contributed by atoms with Crippen LogP contribution >= 0.6 is 0 Å². The van der Waals surface area contributed by atoms with E-state index in [0.717, 1.165) is 18.9 Å².